The van der Waals surface area contributed by atoms with Gasteiger partial charge in [0, 0.05) is 6.20 Å². The van der Waals surface area contributed by atoms with Crippen molar-refractivity contribution in [2.24, 2.45) is 23.2 Å². The van der Waals surface area contributed by atoms with E-state index in [4.69, 9.17) is 5.73 Å². The fourth-order valence-electron chi connectivity index (χ4n) is 5.65. The van der Waals surface area contributed by atoms with E-state index < -0.39 is 0 Å². The van der Waals surface area contributed by atoms with E-state index in [1.54, 1.807) is 6.20 Å². The highest BCUT2D eigenvalue weighted by molar-refractivity contribution is 5.32. The van der Waals surface area contributed by atoms with Crippen molar-refractivity contribution in [2.45, 2.75) is 51.0 Å². The minimum atomic E-state index is -0.210. The number of nitrogens with zero attached hydrogens (tertiary/aromatic N) is 1. The average Bonchev–Trinajstić information content (AvgIpc) is 2.37. The van der Waals surface area contributed by atoms with E-state index in [1.807, 2.05) is 12.1 Å². The lowest BCUT2D eigenvalue weighted by Crippen LogP contribution is -2.52. The van der Waals surface area contributed by atoms with E-state index in [9.17, 15) is 5.11 Å². The molecule has 4 fully saturated rings. The molecule has 0 spiro atoms. The molecule has 5 rings (SSSR count). The summed E-state index contributed by atoms with van der Waals surface area (Å²) in [5.74, 6) is 3.22. The molecular weight excluding hydrogens is 248 g/mol. The zero-order valence-corrected chi connectivity index (χ0v) is 12.0. The second kappa shape index (κ2) is 4.45. The van der Waals surface area contributed by atoms with Crippen molar-refractivity contribution in [1.29, 1.82) is 0 Å². The van der Waals surface area contributed by atoms with Crippen LogP contribution in [0.15, 0.2) is 18.3 Å². The van der Waals surface area contributed by atoms with Gasteiger partial charge >= 0.3 is 0 Å². The molecule has 3 N–H and O–H groups in total. The van der Waals surface area contributed by atoms with Gasteiger partial charge < -0.3 is 10.8 Å². The Hall–Kier alpha value is -1.09. The number of aliphatic hydroxyl groups is 1. The van der Waals surface area contributed by atoms with Crippen LogP contribution >= 0.6 is 0 Å². The van der Waals surface area contributed by atoms with E-state index in [-0.39, 0.29) is 11.5 Å². The molecular formula is C17H24N2O. The molecule has 4 bridgehead atoms. The first-order valence-electron chi connectivity index (χ1n) is 8.01. The minimum Gasteiger partial charge on any atom is -0.392 e. The lowest BCUT2D eigenvalue weighted by Gasteiger charge is -2.58. The molecule has 1 unspecified atom stereocenters. The minimum absolute atomic E-state index is 0.201. The van der Waals surface area contributed by atoms with E-state index in [2.05, 4.69) is 4.98 Å². The molecule has 1 aromatic rings. The van der Waals surface area contributed by atoms with Crippen LogP contribution in [0.2, 0.25) is 0 Å². The second-order valence-corrected chi connectivity index (χ2v) is 7.59. The SMILES string of the molecule is Nc1cc(CC(O)C23CC4CC(CC(C4)C2)C3)ccn1. The zero-order chi connectivity index (χ0) is 13.7. The number of nitrogens with two attached hydrogens (primary N) is 1. The number of hydrogen-bond donors (Lipinski definition) is 2. The molecule has 108 valence electrons. The predicted molar refractivity (Wildman–Crippen MR) is 79.0 cm³/mol. The van der Waals surface area contributed by atoms with Gasteiger partial charge in [0.1, 0.15) is 5.82 Å². The maximum absolute atomic E-state index is 10.9. The summed E-state index contributed by atoms with van der Waals surface area (Å²) in [4.78, 5) is 4.04. The van der Waals surface area contributed by atoms with Gasteiger partial charge in [-0.1, -0.05) is 0 Å². The lowest BCUT2D eigenvalue weighted by molar-refractivity contribution is -0.119. The monoisotopic (exact) mass is 272 g/mol. The summed E-state index contributed by atoms with van der Waals surface area (Å²) in [5.41, 5.74) is 7.07. The highest BCUT2D eigenvalue weighted by Gasteiger charge is 2.53. The second-order valence-electron chi connectivity index (χ2n) is 7.59. The van der Waals surface area contributed by atoms with E-state index in [0.29, 0.717) is 5.82 Å². The Labute approximate surface area is 120 Å². The molecule has 0 aliphatic heterocycles. The van der Waals surface area contributed by atoms with E-state index in [1.165, 1.54) is 38.5 Å². The molecule has 0 saturated heterocycles. The van der Waals surface area contributed by atoms with Gasteiger partial charge in [-0.3, -0.25) is 0 Å². The van der Waals surface area contributed by atoms with Crippen molar-refractivity contribution >= 4 is 5.82 Å². The fourth-order valence-corrected chi connectivity index (χ4v) is 5.65. The van der Waals surface area contributed by atoms with Gasteiger partial charge in [-0.25, -0.2) is 4.98 Å². The number of aliphatic hydroxyl groups excluding tert-OH is 1. The number of aromatic nitrogens is 1. The first kappa shape index (κ1) is 12.6. The van der Waals surface area contributed by atoms with Crippen LogP contribution in [0.5, 0.6) is 0 Å². The highest BCUT2D eigenvalue weighted by atomic mass is 16.3. The van der Waals surface area contributed by atoms with Crippen LogP contribution in [-0.4, -0.2) is 16.2 Å². The van der Waals surface area contributed by atoms with Crippen molar-refractivity contribution in [3.63, 3.8) is 0 Å². The third kappa shape index (κ3) is 2.03. The van der Waals surface area contributed by atoms with Crippen molar-refractivity contribution < 1.29 is 5.11 Å². The van der Waals surface area contributed by atoms with Gasteiger partial charge in [0.15, 0.2) is 0 Å². The van der Waals surface area contributed by atoms with Crippen LogP contribution in [-0.2, 0) is 6.42 Å². The first-order chi connectivity index (χ1) is 9.63. The number of nitrogen functional groups attached to an aromatic ring is 1. The number of hydrogen-bond acceptors (Lipinski definition) is 3. The standard InChI is InChI=1S/C17H24N2O/c18-16-7-11(1-2-19-16)6-15(20)17-8-12-3-13(9-17)5-14(4-12)10-17/h1-2,7,12-15,20H,3-6,8-10H2,(H2,18,19). The van der Waals surface area contributed by atoms with E-state index in [0.717, 1.165) is 29.7 Å². The summed E-state index contributed by atoms with van der Waals surface area (Å²) in [6, 6.07) is 3.89. The fraction of sp³-hybridized carbons (Fsp3) is 0.706. The average molecular weight is 272 g/mol. The van der Waals surface area contributed by atoms with Crippen LogP contribution < -0.4 is 5.73 Å². The van der Waals surface area contributed by atoms with Gasteiger partial charge in [-0.15, -0.1) is 0 Å². The van der Waals surface area contributed by atoms with Gasteiger partial charge in [0.2, 0.25) is 0 Å². The van der Waals surface area contributed by atoms with Crippen LogP contribution in [0.4, 0.5) is 5.82 Å². The maximum atomic E-state index is 10.9. The van der Waals surface area contributed by atoms with Crippen LogP contribution in [0.25, 0.3) is 0 Å². The van der Waals surface area contributed by atoms with Crippen molar-refractivity contribution in [3.05, 3.63) is 23.9 Å². The molecule has 1 aromatic heterocycles. The smallest absolute Gasteiger partial charge is 0.123 e. The molecule has 1 atom stereocenters. The Bertz CT molecular complexity index is 478. The normalized spacial score (nSPS) is 40.0. The molecule has 0 aromatic carbocycles. The van der Waals surface area contributed by atoms with Crippen LogP contribution in [0.3, 0.4) is 0 Å². The summed E-state index contributed by atoms with van der Waals surface area (Å²) in [7, 11) is 0. The van der Waals surface area contributed by atoms with Gasteiger partial charge in [-0.05, 0) is 85.8 Å². The molecule has 0 radical (unpaired) electrons. The predicted octanol–water partition coefficient (Wildman–Crippen LogP) is 2.78. The molecule has 20 heavy (non-hydrogen) atoms. The summed E-state index contributed by atoms with van der Waals surface area (Å²) in [6.45, 7) is 0. The summed E-state index contributed by atoms with van der Waals surface area (Å²) >= 11 is 0. The molecule has 1 heterocycles. The Balaban J connectivity index is 1.54. The summed E-state index contributed by atoms with van der Waals surface area (Å²) in [6.07, 6.45) is 10.3. The maximum Gasteiger partial charge on any atom is 0.123 e. The lowest BCUT2D eigenvalue weighted by atomic mass is 9.48. The number of rotatable bonds is 3. The molecule has 4 aliphatic carbocycles. The Morgan fingerprint density at radius 1 is 1.20 bits per heavy atom. The van der Waals surface area contributed by atoms with Crippen molar-refractivity contribution in [2.75, 3.05) is 5.73 Å². The van der Waals surface area contributed by atoms with Crippen molar-refractivity contribution in [1.82, 2.24) is 4.98 Å². The quantitative estimate of drug-likeness (QED) is 0.889. The zero-order valence-electron chi connectivity index (χ0n) is 12.0. The third-order valence-corrected chi connectivity index (χ3v) is 6.07. The Kier molecular flexibility index (Phi) is 2.81. The number of anilines is 1. The first-order valence-corrected chi connectivity index (χ1v) is 8.01. The highest BCUT2D eigenvalue weighted by Crippen LogP contribution is 2.61. The molecule has 4 saturated carbocycles. The summed E-state index contributed by atoms with van der Waals surface area (Å²) < 4.78 is 0. The van der Waals surface area contributed by atoms with E-state index >= 15 is 0 Å². The molecule has 4 aliphatic rings. The molecule has 0 amide bonds. The Morgan fingerprint density at radius 2 is 1.80 bits per heavy atom. The van der Waals surface area contributed by atoms with Gasteiger partial charge in [-0.2, -0.15) is 0 Å². The number of pyridine rings is 1. The van der Waals surface area contributed by atoms with Crippen molar-refractivity contribution in [3.8, 4) is 0 Å². The molecule has 3 nitrogen and oxygen atoms in total. The van der Waals surface area contributed by atoms with Crippen LogP contribution in [0, 0.1) is 23.2 Å². The Morgan fingerprint density at radius 3 is 2.35 bits per heavy atom. The third-order valence-electron chi connectivity index (χ3n) is 6.07. The largest absolute Gasteiger partial charge is 0.392 e. The topological polar surface area (TPSA) is 59.1 Å². The molecule has 3 heteroatoms. The van der Waals surface area contributed by atoms with Gasteiger partial charge in [0.25, 0.3) is 0 Å². The van der Waals surface area contributed by atoms with Gasteiger partial charge in [0.05, 0.1) is 6.10 Å². The summed E-state index contributed by atoms with van der Waals surface area (Å²) in [5, 5.41) is 10.9. The van der Waals surface area contributed by atoms with Crippen LogP contribution in [0.1, 0.15) is 44.1 Å².